The maximum Gasteiger partial charge on any atom is 0.426 e. The molecule has 142 valence electrons. The van der Waals surface area contributed by atoms with Gasteiger partial charge in [0.25, 0.3) is 5.60 Å². The van der Waals surface area contributed by atoms with E-state index in [4.69, 9.17) is 4.74 Å². The van der Waals surface area contributed by atoms with E-state index in [1.165, 1.54) is 0 Å². The van der Waals surface area contributed by atoms with Gasteiger partial charge in [0.15, 0.2) is 0 Å². The quantitative estimate of drug-likeness (QED) is 0.458. The third-order valence-electron chi connectivity index (χ3n) is 5.98. The van der Waals surface area contributed by atoms with Crippen molar-refractivity contribution in [2.24, 2.45) is 29.6 Å². The Labute approximate surface area is 140 Å². The highest BCUT2D eigenvalue weighted by atomic mass is 19.4. The Balaban J connectivity index is 2.04. The fraction of sp³-hybridized carbons (Fsp3) is 0.812. The van der Waals surface area contributed by atoms with E-state index in [0.717, 1.165) is 6.92 Å². The predicted molar refractivity (Wildman–Crippen MR) is 73.1 cm³/mol. The number of hydrogen-bond donors (Lipinski definition) is 1. The lowest BCUT2D eigenvalue weighted by Crippen LogP contribution is -2.66. The van der Waals surface area contributed by atoms with Crippen LogP contribution < -0.4 is 0 Å². The van der Waals surface area contributed by atoms with Crippen LogP contribution in [0.4, 0.5) is 26.3 Å². The molecule has 6 atom stereocenters. The molecule has 0 heterocycles. The number of ether oxygens (including phenoxy) is 1. The molecule has 3 nitrogen and oxygen atoms in total. The molecule has 0 aliphatic heterocycles. The number of alkyl halides is 6. The molecule has 0 saturated heterocycles. The van der Waals surface area contributed by atoms with Crippen molar-refractivity contribution in [3.8, 4) is 0 Å². The Morgan fingerprint density at radius 2 is 1.60 bits per heavy atom. The van der Waals surface area contributed by atoms with Crippen molar-refractivity contribution >= 4 is 5.97 Å². The van der Waals surface area contributed by atoms with E-state index in [1.54, 1.807) is 6.08 Å². The Bertz CT molecular complexity index is 567. The van der Waals surface area contributed by atoms with Crippen molar-refractivity contribution in [3.05, 3.63) is 12.2 Å². The number of halogens is 6. The maximum absolute atomic E-state index is 13.3. The zero-order valence-corrected chi connectivity index (χ0v) is 13.3. The van der Waals surface area contributed by atoms with Crippen LogP contribution in [0.1, 0.15) is 26.2 Å². The second kappa shape index (κ2) is 5.62. The van der Waals surface area contributed by atoms with Gasteiger partial charge in [-0.3, -0.25) is 4.79 Å². The standard InChI is InChI=1S/C16H18F6O3/c1-7(23)25-13-11(14(24,15(17,18)19)16(20,21)22)5-4-10-8-2-3-9(6-8)12(10)13/h2-3,8-13,24H,4-6H2,1H3. The third-order valence-corrected chi connectivity index (χ3v) is 5.98. The fourth-order valence-corrected chi connectivity index (χ4v) is 5.04. The number of allylic oxidation sites excluding steroid dienone is 2. The molecule has 9 heteroatoms. The third kappa shape index (κ3) is 2.65. The highest BCUT2D eigenvalue weighted by Gasteiger charge is 2.76. The lowest BCUT2D eigenvalue weighted by Gasteiger charge is -2.49. The van der Waals surface area contributed by atoms with Crippen molar-refractivity contribution in [1.29, 1.82) is 0 Å². The maximum atomic E-state index is 13.3. The summed E-state index contributed by atoms with van der Waals surface area (Å²) in [7, 11) is 0. The largest absolute Gasteiger partial charge is 0.462 e. The average molecular weight is 372 g/mol. The summed E-state index contributed by atoms with van der Waals surface area (Å²) in [6, 6.07) is 0. The molecule has 2 bridgehead atoms. The van der Waals surface area contributed by atoms with E-state index < -0.39 is 48.3 Å². The number of carbonyl (C=O) groups excluding carboxylic acids is 1. The number of aliphatic hydroxyl groups is 1. The fourth-order valence-electron chi connectivity index (χ4n) is 5.04. The highest BCUT2D eigenvalue weighted by molar-refractivity contribution is 5.66. The van der Waals surface area contributed by atoms with Crippen LogP contribution in [0.3, 0.4) is 0 Å². The molecule has 2 fully saturated rings. The van der Waals surface area contributed by atoms with Crippen LogP contribution >= 0.6 is 0 Å². The highest BCUT2D eigenvalue weighted by Crippen LogP contribution is 2.60. The molecule has 0 aromatic rings. The Morgan fingerprint density at radius 1 is 1.04 bits per heavy atom. The van der Waals surface area contributed by atoms with E-state index in [2.05, 4.69) is 0 Å². The summed E-state index contributed by atoms with van der Waals surface area (Å²) in [4.78, 5) is 11.4. The zero-order valence-electron chi connectivity index (χ0n) is 13.3. The zero-order chi connectivity index (χ0) is 18.8. The lowest BCUT2D eigenvalue weighted by molar-refractivity contribution is -0.395. The molecule has 6 unspecified atom stereocenters. The number of carbonyl (C=O) groups is 1. The number of rotatable bonds is 2. The summed E-state index contributed by atoms with van der Waals surface area (Å²) < 4.78 is 84.8. The second-order valence-corrected chi connectivity index (χ2v) is 7.21. The number of hydrogen-bond acceptors (Lipinski definition) is 3. The van der Waals surface area contributed by atoms with E-state index in [1.807, 2.05) is 6.08 Å². The summed E-state index contributed by atoms with van der Waals surface area (Å²) >= 11 is 0. The molecule has 0 aromatic heterocycles. The van der Waals surface area contributed by atoms with Crippen LogP contribution in [0.25, 0.3) is 0 Å². The number of fused-ring (bicyclic) bond motifs is 5. The van der Waals surface area contributed by atoms with Crippen molar-refractivity contribution in [2.45, 2.75) is 50.2 Å². The van der Waals surface area contributed by atoms with Crippen molar-refractivity contribution in [3.63, 3.8) is 0 Å². The van der Waals surface area contributed by atoms with Crippen LogP contribution in [-0.2, 0) is 9.53 Å². The summed E-state index contributed by atoms with van der Waals surface area (Å²) in [6.07, 6.45) is -9.51. The summed E-state index contributed by atoms with van der Waals surface area (Å²) in [6.45, 7) is 0.948. The smallest absolute Gasteiger partial charge is 0.426 e. The van der Waals surface area contributed by atoms with Crippen LogP contribution in [0.15, 0.2) is 12.2 Å². The first-order valence-corrected chi connectivity index (χ1v) is 8.09. The summed E-state index contributed by atoms with van der Waals surface area (Å²) in [5.74, 6) is -4.12. The van der Waals surface area contributed by atoms with Gasteiger partial charge >= 0.3 is 18.3 Å². The Kier molecular flexibility index (Phi) is 4.17. The first kappa shape index (κ1) is 18.5. The molecule has 0 aromatic carbocycles. The van der Waals surface area contributed by atoms with Gasteiger partial charge in [0.1, 0.15) is 6.10 Å². The molecule has 2 saturated carbocycles. The van der Waals surface area contributed by atoms with E-state index in [0.29, 0.717) is 6.42 Å². The molecule has 3 rings (SSSR count). The normalized spacial score (nSPS) is 37.9. The van der Waals surface area contributed by atoms with Crippen molar-refractivity contribution in [1.82, 2.24) is 0 Å². The minimum absolute atomic E-state index is 0.0823. The van der Waals surface area contributed by atoms with Crippen molar-refractivity contribution < 1.29 is 41.0 Å². The predicted octanol–water partition coefficient (Wildman–Crippen LogP) is 3.62. The molecule has 1 N–H and O–H groups in total. The van der Waals surface area contributed by atoms with E-state index in [9.17, 15) is 36.2 Å². The Morgan fingerprint density at radius 3 is 2.12 bits per heavy atom. The summed E-state index contributed by atoms with van der Waals surface area (Å²) in [5.41, 5.74) is -4.91. The van der Waals surface area contributed by atoms with Gasteiger partial charge in [-0.15, -0.1) is 0 Å². The van der Waals surface area contributed by atoms with Gasteiger partial charge in [-0.1, -0.05) is 12.2 Å². The SMILES string of the molecule is CC(=O)OC1C2C3C=CC(C3)C2CCC1C(O)(C(F)(F)F)C(F)(F)F. The van der Waals surface area contributed by atoms with Gasteiger partial charge in [0.05, 0.1) is 0 Å². The molecule has 0 amide bonds. The van der Waals surface area contributed by atoms with Crippen LogP contribution in [0.5, 0.6) is 0 Å². The molecule has 3 aliphatic carbocycles. The van der Waals surface area contributed by atoms with Crippen LogP contribution in [0.2, 0.25) is 0 Å². The summed E-state index contributed by atoms with van der Waals surface area (Å²) in [5, 5.41) is 9.82. The monoisotopic (exact) mass is 372 g/mol. The molecular formula is C16H18F6O3. The van der Waals surface area contributed by atoms with E-state index >= 15 is 0 Å². The Hall–Kier alpha value is -1.25. The van der Waals surface area contributed by atoms with Gasteiger partial charge in [-0.25, -0.2) is 0 Å². The molecule has 0 radical (unpaired) electrons. The second-order valence-electron chi connectivity index (χ2n) is 7.21. The van der Waals surface area contributed by atoms with Gasteiger partial charge in [-0.05, 0) is 37.0 Å². The van der Waals surface area contributed by atoms with E-state index in [-0.39, 0.29) is 24.2 Å². The van der Waals surface area contributed by atoms with Crippen molar-refractivity contribution in [2.75, 3.05) is 0 Å². The molecular weight excluding hydrogens is 354 g/mol. The van der Waals surface area contributed by atoms with Gasteiger partial charge in [0.2, 0.25) is 0 Å². The topological polar surface area (TPSA) is 46.5 Å². The van der Waals surface area contributed by atoms with Gasteiger partial charge < -0.3 is 9.84 Å². The van der Waals surface area contributed by atoms with Crippen LogP contribution in [0, 0.1) is 29.6 Å². The van der Waals surface area contributed by atoms with Gasteiger partial charge in [-0.2, -0.15) is 26.3 Å². The number of esters is 1. The molecule has 3 aliphatic rings. The lowest BCUT2D eigenvalue weighted by atomic mass is 9.62. The van der Waals surface area contributed by atoms with Gasteiger partial charge in [0, 0.05) is 18.8 Å². The first-order chi connectivity index (χ1) is 11.4. The minimum atomic E-state index is -5.92. The molecule has 25 heavy (non-hydrogen) atoms. The minimum Gasteiger partial charge on any atom is -0.462 e. The average Bonchev–Trinajstić information content (AvgIpc) is 3.05. The van der Waals surface area contributed by atoms with Crippen LogP contribution in [-0.4, -0.2) is 35.1 Å². The molecule has 0 spiro atoms. The first-order valence-electron chi connectivity index (χ1n) is 8.09.